The molecule has 2 amide bonds. The molecule has 3 saturated carbocycles. The zero-order chi connectivity index (χ0) is 87.5. The molecule has 0 aromatic heterocycles. The average Bonchev–Trinajstić information content (AvgIpc) is 0.791. The van der Waals surface area contributed by atoms with Crippen LogP contribution in [0.3, 0.4) is 0 Å². The summed E-state index contributed by atoms with van der Waals surface area (Å²) in [5.41, 5.74) is 15.9. The zero-order valence-electron chi connectivity index (χ0n) is 68.7. The Balaban J connectivity index is 0.000000379. The Kier molecular flexibility index (Phi) is 39.9. The number of carboxylic acids is 3. The molecule has 4 atom stereocenters. The third-order valence-corrected chi connectivity index (χ3v) is 18.4. The second-order valence-corrected chi connectivity index (χ2v) is 34.1. The Morgan fingerprint density at radius 2 is 0.765 bits per heavy atom. The van der Waals surface area contributed by atoms with Crippen molar-refractivity contribution in [1.82, 2.24) is 10.6 Å². The molecule has 0 aliphatic heterocycles. The molecule has 0 spiro atoms. The minimum absolute atomic E-state index is 0.000520. The maximum absolute atomic E-state index is 13.5. The van der Waals surface area contributed by atoms with E-state index in [2.05, 4.69) is 15.4 Å². The predicted octanol–water partition coefficient (Wildman–Crippen LogP) is 15.0. The quantitative estimate of drug-likeness (QED) is 0.00806. The van der Waals surface area contributed by atoms with Crippen molar-refractivity contribution in [1.29, 1.82) is 0 Å². The standard InChI is InChI=1S/C25H37ClN2O5.C16H10ClF5O3.2C14H25NO4.C14H19NO4/c1-15(2)32-21-12-11-18(14-19(21)26)22(29)28-20(23(30)27-6)13-16-7-9-17(10-8-16)24(31)33-25(3,4)5;1-6(2)24-9-4-3-7(5-8(9)17)16(23)25-15-13(21)11(19)10(18)12(20)14(15)22;3*1-14(2,3)19-13(18)10-6-4-9(5-7-10)8-11(15)12(16)17/h11-12,14-17,20H,7-10,13H2,1-6H3,(H,27,30)(H,28,29);3-6H,1-2H3;2*9-11H,4-8,15H2,1-3H3,(H,16,17);4-7,11H,8,15H2,1-3H3,(H,16,17)/t;;2*9?,10?,11-;11-/m..000/s1. The van der Waals surface area contributed by atoms with Crippen molar-refractivity contribution in [2.24, 2.45) is 52.7 Å². The van der Waals surface area contributed by atoms with Crippen LogP contribution in [0.1, 0.15) is 244 Å². The van der Waals surface area contributed by atoms with Crippen molar-refractivity contribution in [2.45, 2.75) is 272 Å². The molecule has 4 aromatic rings. The number of carbonyl (C=O) groups excluding carboxylic acids is 7. The molecular formula is C83H116Cl2F5N5O20. The maximum Gasteiger partial charge on any atom is 0.343 e. The second kappa shape index (κ2) is 45.7. The number of hydrogen-bond donors (Lipinski definition) is 8. The summed E-state index contributed by atoms with van der Waals surface area (Å²) >= 11 is 12.2. The molecule has 0 saturated heterocycles. The van der Waals surface area contributed by atoms with E-state index in [-0.39, 0.29) is 88.4 Å². The van der Waals surface area contributed by atoms with Gasteiger partial charge in [0.05, 0.1) is 51.1 Å². The van der Waals surface area contributed by atoms with Crippen molar-refractivity contribution < 1.29 is 118 Å². The predicted molar refractivity (Wildman–Crippen MR) is 421 cm³/mol. The van der Waals surface area contributed by atoms with Crippen LogP contribution in [0.15, 0.2) is 60.7 Å². The van der Waals surface area contributed by atoms with Gasteiger partial charge in [-0.1, -0.05) is 35.3 Å². The van der Waals surface area contributed by atoms with E-state index in [0.717, 1.165) is 94.7 Å². The molecule has 11 N–H and O–H groups in total. The first kappa shape index (κ1) is 100. The lowest BCUT2D eigenvalue weighted by Crippen LogP contribution is -2.47. The van der Waals surface area contributed by atoms with E-state index in [0.29, 0.717) is 53.0 Å². The fourth-order valence-corrected chi connectivity index (χ4v) is 12.7. The van der Waals surface area contributed by atoms with Crippen molar-refractivity contribution in [3.05, 3.63) is 122 Å². The van der Waals surface area contributed by atoms with E-state index in [9.17, 15) is 69.9 Å². The van der Waals surface area contributed by atoms with E-state index in [1.807, 2.05) is 76.2 Å². The Morgan fingerprint density at radius 1 is 0.443 bits per heavy atom. The monoisotopic (exact) mass is 1670 g/mol. The molecular weight excluding hydrogens is 1550 g/mol. The van der Waals surface area contributed by atoms with Crippen LogP contribution >= 0.6 is 23.2 Å². The molecule has 0 heterocycles. The minimum atomic E-state index is -2.35. The number of nitrogens with two attached hydrogens (primary N) is 3. The lowest BCUT2D eigenvalue weighted by molar-refractivity contribution is -0.162. The number of halogens is 7. The van der Waals surface area contributed by atoms with Crippen LogP contribution in [0.5, 0.6) is 17.2 Å². The summed E-state index contributed by atoms with van der Waals surface area (Å²) in [6, 6.07) is 11.8. The Hall–Kier alpha value is -8.71. The summed E-state index contributed by atoms with van der Waals surface area (Å²) < 4.78 is 103. The van der Waals surface area contributed by atoms with Gasteiger partial charge >= 0.3 is 47.8 Å². The van der Waals surface area contributed by atoms with Crippen molar-refractivity contribution in [3.8, 4) is 17.2 Å². The number of likely N-dealkylation sites (N-methyl/N-ethyl adjacent to an activating group) is 1. The highest BCUT2D eigenvalue weighted by Crippen LogP contribution is 2.38. The number of carboxylic acid groups (broad SMARTS) is 3. The van der Waals surface area contributed by atoms with E-state index >= 15 is 0 Å². The number of carbonyl (C=O) groups is 10. The minimum Gasteiger partial charge on any atom is -0.489 e. The average molecular weight is 1670 g/mol. The van der Waals surface area contributed by atoms with Crippen LogP contribution in [0.2, 0.25) is 10.0 Å². The van der Waals surface area contributed by atoms with Gasteiger partial charge in [0.2, 0.25) is 40.7 Å². The first-order valence-corrected chi connectivity index (χ1v) is 39.0. The van der Waals surface area contributed by atoms with E-state index in [1.165, 1.54) is 6.07 Å². The molecule has 0 bridgehead atoms. The van der Waals surface area contributed by atoms with Gasteiger partial charge in [0.25, 0.3) is 5.91 Å². The van der Waals surface area contributed by atoms with Gasteiger partial charge in [-0.3, -0.25) is 38.4 Å². The normalized spacial score (nSPS) is 18.6. The molecule has 7 rings (SSSR count). The zero-order valence-corrected chi connectivity index (χ0v) is 70.2. The Morgan fingerprint density at radius 3 is 1.09 bits per heavy atom. The molecule has 115 heavy (non-hydrogen) atoms. The van der Waals surface area contributed by atoms with Crippen LogP contribution in [-0.2, 0) is 58.9 Å². The summed E-state index contributed by atoms with van der Waals surface area (Å²) in [5.74, 6) is -17.3. The fourth-order valence-electron chi connectivity index (χ4n) is 12.2. The highest BCUT2D eigenvalue weighted by molar-refractivity contribution is 6.32. The smallest absolute Gasteiger partial charge is 0.343 e. The number of benzene rings is 4. The van der Waals surface area contributed by atoms with E-state index in [4.69, 9.17) is 84.1 Å². The number of aliphatic carboxylic acids is 3. The highest BCUT2D eigenvalue weighted by atomic mass is 35.5. The second-order valence-electron chi connectivity index (χ2n) is 33.3. The third kappa shape index (κ3) is 36.6. The lowest BCUT2D eigenvalue weighted by atomic mass is 9.79. The highest BCUT2D eigenvalue weighted by Gasteiger charge is 2.37. The van der Waals surface area contributed by atoms with Crippen LogP contribution in [0.4, 0.5) is 22.0 Å². The maximum atomic E-state index is 13.5. The van der Waals surface area contributed by atoms with Gasteiger partial charge in [0, 0.05) is 12.6 Å². The topological polar surface area (TPSA) is 398 Å². The summed E-state index contributed by atoms with van der Waals surface area (Å²) in [6.45, 7) is 29.4. The molecule has 4 aromatic carbocycles. The Bertz CT molecular complexity index is 3840. The largest absolute Gasteiger partial charge is 0.489 e. The van der Waals surface area contributed by atoms with Crippen LogP contribution in [-0.4, -0.2) is 141 Å². The van der Waals surface area contributed by atoms with E-state index in [1.54, 1.807) is 84.1 Å². The SMILES string of the molecule is CC(C)(C)OC(=O)C1CCC(C[C@H](N)C(=O)O)CC1.CC(C)(C)OC(=O)C1CCC(C[C@H](N)C(=O)O)CC1.CC(C)(C)OC(=O)c1ccc(C[C@H](N)C(=O)O)cc1.CC(C)Oc1ccc(C(=O)Oc2c(F)c(F)c(F)c(F)c2F)cc1Cl.CNC(=O)C(CC1CCC(C(=O)OC(C)(C)C)CC1)NC(=O)c1ccc(OC(C)C)c(Cl)c1. The summed E-state index contributed by atoms with van der Waals surface area (Å²) in [4.78, 5) is 117. The van der Waals surface area contributed by atoms with Crippen molar-refractivity contribution >= 4 is 82.8 Å². The van der Waals surface area contributed by atoms with Crippen LogP contribution in [0, 0.1) is 64.6 Å². The number of ether oxygens (including phenoxy) is 7. The van der Waals surface area contributed by atoms with E-state index < -0.39 is 111 Å². The molecule has 3 fully saturated rings. The number of nitrogens with one attached hydrogen (secondary N) is 2. The molecule has 0 radical (unpaired) electrons. The summed E-state index contributed by atoms with van der Waals surface area (Å²) in [7, 11) is 1.55. The van der Waals surface area contributed by atoms with Crippen molar-refractivity contribution in [3.63, 3.8) is 0 Å². The molecule has 3 aliphatic rings. The number of hydrogen-bond acceptors (Lipinski definition) is 20. The number of amides is 2. The first-order chi connectivity index (χ1) is 53.1. The first-order valence-electron chi connectivity index (χ1n) is 38.2. The molecule has 1 unspecified atom stereocenters. The van der Waals surface area contributed by atoms with Gasteiger partial charge in [0.1, 0.15) is 58.1 Å². The number of rotatable bonds is 24. The van der Waals surface area contributed by atoms with Gasteiger partial charge in [0.15, 0.2) is 0 Å². The van der Waals surface area contributed by atoms with Crippen molar-refractivity contribution in [2.75, 3.05) is 7.05 Å². The van der Waals surface area contributed by atoms with Gasteiger partial charge in [-0.2, -0.15) is 8.78 Å². The van der Waals surface area contributed by atoms with Gasteiger partial charge in [-0.15, -0.1) is 0 Å². The van der Waals surface area contributed by atoms with Gasteiger partial charge in [-0.25, -0.2) is 22.8 Å². The molecule has 3 aliphatic carbocycles. The third-order valence-electron chi connectivity index (χ3n) is 17.8. The molecule has 25 nitrogen and oxygen atoms in total. The van der Waals surface area contributed by atoms with Gasteiger partial charge in [-0.05, 0) is 285 Å². The fraction of sp³-hybridized carbons (Fsp3) is 0.590. The Labute approximate surface area is 679 Å². The molecule has 642 valence electrons. The summed E-state index contributed by atoms with van der Waals surface area (Å²) in [5, 5.41) is 32.1. The van der Waals surface area contributed by atoms with Crippen LogP contribution in [0.25, 0.3) is 0 Å². The molecule has 32 heteroatoms. The summed E-state index contributed by atoms with van der Waals surface area (Å²) in [6.07, 6.45) is 11.0. The van der Waals surface area contributed by atoms with Gasteiger partial charge < -0.3 is 76.3 Å². The van der Waals surface area contributed by atoms with Crippen LogP contribution < -0.4 is 42.0 Å². The number of esters is 5. The lowest BCUT2D eigenvalue weighted by Gasteiger charge is -2.31.